The third kappa shape index (κ3) is 4.28. The summed E-state index contributed by atoms with van der Waals surface area (Å²) < 4.78 is 63.1. The highest BCUT2D eigenvalue weighted by Crippen LogP contribution is 2.35. The number of nitriles is 1. The number of anilines is 1. The summed E-state index contributed by atoms with van der Waals surface area (Å²) >= 11 is 6.74. The maximum atomic E-state index is 12.5. The third-order valence-corrected chi connectivity index (χ3v) is 5.48. The minimum atomic E-state index is -4.01. The smallest absolute Gasteiger partial charge is 0.263 e. The first-order valence-electron chi connectivity index (χ1n) is 8.57. The van der Waals surface area contributed by atoms with Crippen LogP contribution in [0.3, 0.4) is 0 Å². The lowest BCUT2D eigenvalue weighted by Crippen LogP contribution is -2.13. The second-order valence-corrected chi connectivity index (χ2v) is 7.82. The van der Waals surface area contributed by atoms with Crippen molar-refractivity contribution in [2.24, 2.45) is 0 Å². The summed E-state index contributed by atoms with van der Waals surface area (Å²) in [4.78, 5) is 3.55. The fraction of sp³-hybridized carbons (Fsp3) is 0.0625. The van der Waals surface area contributed by atoms with Gasteiger partial charge in [-0.15, -0.1) is 0 Å². The fourth-order valence-electron chi connectivity index (χ4n) is 2.01. The molecule has 1 heterocycles. The summed E-state index contributed by atoms with van der Waals surface area (Å²) in [6, 6.07) is 9.50. The van der Waals surface area contributed by atoms with Gasteiger partial charge in [-0.1, -0.05) is 11.6 Å². The lowest BCUT2D eigenvalue weighted by atomic mass is 10.2. The second-order valence-electron chi connectivity index (χ2n) is 4.92. The van der Waals surface area contributed by atoms with E-state index in [1.807, 2.05) is 6.07 Å². The first-order chi connectivity index (χ1) is 14.1. The summed E-state index contributed by atoms with van der Waals surface area (Å²) in [6.07, 6.45) is 1.20. The van der Waals surface area contributed by atoms with E-state index < -0.39 is 17.1 Å². The molecule has 0 saturated carbocycles. The molecule has 0 radical (unpaired) electrons. The number of hydrogen-bond donors (Lipinski definition) is 1. The lowest BCUT2D eigenvalue weighted by Gasteiger charge is -2.12. The van der Waals surface area contributed by atoms with E-state index in [4.69, 9.17) is 25.2 Å². The van der Waals surface area contributed by atoms with Gasteiger partial charge in [-0.05, 0) is 30.3 Å². The maximum Gasteiger partial charge on any atom is 0.263 e. The van der Waals surface area contributed by atoms with E-state index in [0.717, 1.165) is 17.6 Å². The molecular formula is C16H11ClN4O4S2. The Morgan fingerprint density at radius 1 is 1.26 bits per heavy atom. The van der Waals surface area contributed by atoms with Gasteiger partial charge in [-0.2, -0.15) is 9.64 Å². The number of aromatic nitrogens is 2. The molecule has 0 aliphatic rings. The van der Waals surface area contributed by atoms with Crippen molar-refractivity contribution in [1.82, 2.24) is 9.36 Å². The zero-order valence-corrected chi connectivity index (χ0v) is 15.6. The van der Waals surface area contributed by atoms with Crippen molar-refractivity contribution in [2.75, 3.05) is 11.8 Å². The molecule has 27 heavy (non-hydrogen) atoms. The molecule has 0 amide bonds. The van der Waals surface area contributed by atoms with Crippen LogP contribution in [0.1, 0.15) is 9.68 Å². The predicted octanol–water partition coefficient (Wildman–Crippen LogP) is 3.66. The van der Waals surface area contributed by atoms with Crippen LogP contribution in [0.5, 0.6) is 17.2 Å². The van der Waals surface area contributed by atoms with E-state index in [0.29, 0.717) is 0 Å². The molecule has 8 nitrogen and oxygen atoms in total. The van der Waals surface area contributed by atoms with Crippen LogP contribution < -0.4 is 14.2 Å². The topological polar surface area (TPSA) is 114 Å². The summed E-state index contributed by atoms with van der Waals surface area (Å²) in [6.45, 7) is 0. The SMILES string of the molecule is [2H]C([2H])([2H])Oc1cc(Cl)ccc1Oc1ccc(S(=O)(=O)Nc2ncns2)cc1C#N. The van der Waals surface area contributed by atoms with Crippen molar-refractivity contribution >= 4 is 38.3 Å². The molecule has 1 aromatic heterocycles. The number of nitrogens with zero attached hydrogens (tertiary/aromatic N) is 3. The quantitative estimate of drug-likeness (QED) is 0.640. The minimum Gasteiger partial charge on any atom is -0.493 e. The summed E-state index contributed by atoms with van der Waals surface area (Å²) in [5, 5.41) is 9.72. The van der Waals surface area contributed by atoms with Crippen LogP contribution in [0.2, 0.25) is 5.02 Å². The van der Waals surface area contributed by atoms with Crippen molar-refractivity contribution in [1.29, 1.82) is 5.26 Å². The normalized spacial score (nSPS) is 13.0. The van der Waals surface area contributed by atoms with Crippen LogP contribution in [0.4, 0.5) is 5.13 Å². The monoisotopic (exact) mass is 425 g/mol. The van der Waals surface area contributed by atoms with Crippen LogP contribution in [-0.4, -0.2) is 24.8 Å². The van der Waals surface area contributed by atoms with Gasteiger partial charge in [0.05, 0.1) is 21.6 Å². The van der Waals surface area contributed by atoms with Crippen LogP contribution in [0.15, 0.2) is 47.6 Å². The van der Waals surface area contributed by atoms with Crippen LogP contribution in [0, 0.1) is 11.3 Å². The Morgan fingerprint density at radius 3 is 2.78 bits per heavy atom. The molecule has 0 saturated heterocycles. The number of sulfonamides is 1. The molecule has 3 rings (SSSR count). The van der Waals surface area contributed by atoms with Gasteiger partial charge in [-0.25, -0.2) is 13.4 Å². The largest absolute Gasteiger partial charge is 0.493 e. The van der Waals surface area contributed by atoms with Crippen LogP contribution >= 0.6 is 23.1 Å². The number of nitrogens with one attached hydrogen (secondary N) is 1. The molecule has 0 bridgehead atoms. The van der Waals surface area contributed by atoms with Gasteiger partial charge in [0, 0.05) is 22.6 Å². The Balaban J connectivity index is 1.93. The van der Waals surface area contributed by atoms with Crippen molar-refractivity contribution in [3.05, 3.63) is 53.3 Å². The molecular weight excluding hydrogens is 412 g/mol. The van der Waals surface area contributed by atoms with Gasteiger partial charge >= 0.3 is 0 Å². The average Bonchev–Trinajstić information content (AvgIpc) is 3.15. The van der Waals surface area contributed by atoms with E-state index in [1.54, 1.807) is 0 Å². The van der Waals surface area contributed by atoms with E-state index in [1.165, 1.54) is 36.7 Å². The number of hydrogen-bond acceptors (Lipinski definition) is 8. The predicted molar refractivity (Wildman–Crippen MR) is 100.0 cm³/mol. The highest BCUT2D eigenvalue weighted by molar-refractivity contribution is 7.93. The second kappa shape index (κ2) is 7.79. The Kier molecular flexibility index (Phi) is 4.39. The zero-order valence-electron chi connectivity index (χ0n) is 16.2. The zero-order chi connectivity index (χ0) is 21.9. The Bertz CT molecular complexity index is 1210. The summed E-state index contributed by atoms with van der Waals surface area (Å²) in [5.41, 5.74) is -0.107. The molecule has 138 valence electrons. The lowest BCUT2D eigenvalue weighted by molar-refractivity contribution is 0.378. The number of rotatable bonds is 6. The third-order valence-electron chi connectivity index (χ3n) is 3.20. The average molecular weight is 426 g/mol. The molecule has 11 heteroatoms. The summed E-state index contributed by atoms with van der Waals surface area (Å²) in [5.74, 6) is -0.194. The molecule has 3 aromatic rings. The first-order valence-corrected chi connectivity index (χ1v) is 9.71. The molecule has 0 unspecified atom stereocenters. The van der Waals surface area contributed by atoms with Gasteiger partial charge in [0.1, 0.15) is 18.1 Å². The highest BCUT2D eigenvalue weighted by atomic mass is 35.5. The van der Waals surface area contributed by atoms with Crippen molar-refractivity contribution < 1.29 is 22.0 Å². The maximum absolute atomic E-state index is 12.5. The molecule has 2 aromatic carbocycles. The van der Waals surface area contributed by atoms with Crippen LogP contribution in [-0.2, 0) is 10.0 Å². The van der Waals surface area contributed by atoms with E-state index in [2.05, 4.69) is 14.1 Å². The molecule has 1 N–H and O–H groups in total. The van der Waals surface area contributed by atoms with E-state index in [-0.39, 0.29) is 37.9 Å². The molecule has 0 fully saturated rings. The van der Waals surface area contributed by atoms with Gasteiger partial charge in [-0.3, -0.25) is 4.72 Å². The molecule has 0 spiro atoms. The number of methoxy groups -OCH3 is 1. The van der Waals surface area contributed by atoms with Crippen LogP contribution in [0.25, 0.3) is 0 Å². The minimum absolute atomic E-state index is 0.00919. The highest BCUT2D eigenvalue weighted by Gasteiger charge is 2.19. The van der Waals surface area contributed by atoms with Crippen molar-refractivity contribution in [3.8, 4) is 23.3 Å². The van der Waals surface area contributed by atoms with Gasteiger partial charge in [0.15, 0.2) is 11.5 Å². The number of halogens is 1. The molecule has 0 aliphatic heterocycles. The first kappa shape index (κ1) is 15.2. The van der Waals surface area contributed by atoms with Gasteiger partial charge < -0.3 is 9.47 Å². The van der Waals surface area contributed by atoms with Crippen molar-refractivity contribution in [2.45, 2.75) is 4.90 Å². The number of ether oxygens (including phenoxy) is 2. The van der Waals surface area contributed by atoms with E-state index >= 15 is 0 Å². The van der Waals surface area contributed by atoms with E-state index in [9.17, 15) is 13.7 Å². The Hall–Kier alpha value is -2.87. The standard InChI is InChI=1S/C16H11ClN4O4S2/c1-24-15-7-11(17)2-4-14(15)25-13-5-3-12(6-10(13)8-18)27(22,23)21-16-19-9-20-26-16/h2-7,9H,1H3,(H,19,20,21)/i1D3. The Labute approximate surface area is 168 Å². The van der Waals surface area contributed by atoms with Gasteiger partial charge in [0.25, 0.3) is 10.0 Å². The Morgan fingerprint density at radius 2 is 2.07 bits per heavy atom. The molecule has 0 atom stereocenters. The molecule has 0 aliphatic carbocycles. The van der Waals surface area contributed by atoms with Crippen molar-refractivity contribution in [3.63, 3.8) is 0 Å². The summed E-state index contributed by atoms with van der Waals surface area (Å²) in [7, 11) is -6.76. The fourth-order valence-corrected chi connectivity index (χ4v) is 3.86. The number of benzene rings is 2. The van der Waals surface area contributed by atoms with Gasteiger partial charge in [0.2, 0.25) is 5.13 Å².